The van der Waals surface area contributed by atoms with Gasteiger partial charge in [-0.3, -0.25) is 0 Å². The second-order valence-electron chi connectivity index (χ2n) is 6.02. The van der Waals surface area contributed by atoms with Gasteiger partial charge in [-0.05, 0) is 45.3 Å². The molecule has 0 aromatic rings. The minimum absolute atomic E-state index is 0.0909. The second kappa shape index (κ2) is 8.36. The van der Waals surface area contributed by atoms with Gasteiger partial charge >= 0.3 is 12.1 Å². The lowest BCUT2D eigenvalue weighted by Gasteiger charge is -2.24. The number of ether oxygens (including phenoxy) is 2. The number of alkyl carbamates (subject to hydrolysis) is 1. The summed E-state index contributed by atoms with van der Waals surface area (Å²) < 4.78 is 9.85. The monoisotopic (exact) mass is 324 g/mol. The fourth-order valence-corrected chi connectivity index (χ4v) is 1.94. The summed E-state index contributed by atoms with van der Waals surface area (Å²) in [5.74, 6) is -0.568. The summed E-state index contributed by atoms with van der Waals surface area (Å²) in [6.07, 6.45) is 6.21. The summed E-state index contributed by atoms with van der Waals surface area (Å²) in [6, 6.07) is -0.108. The molecule has 1 aliphatic carbocycles. The Morgan fingerprint density at radius 3 is 2.52 bits per heavy atom. The average Bonchev–Trinajstić information content (AvgIpc) is 2.46. The standard InChI is InChI=1S/C16H24N2O5/c1-16(2,3)23-15(20)17-12-8-6-11(7-9-12)10-13(18-22-5)14(19)21-4/h6,8,10,12H,7,9H2,1-5H3,(H,17,20)/b11-10+,18-13-/t12-/m1/s1. The van der Waals surface area contributed by atoms with Gasteiger partial charge in [0.05, 0.1) is 13.2 Å². The molecule has 0 spiro atoms. The smallest absolute Gasteiger partial charge is 0.408 e. The molecule has 1 rings (SSSR count). The zero-order valence-corrected chi connectivity index (χ0v) is 14.2. The van der Waals surface area contributed by atoms with E-state index in [0.717, 1.165) is 5.57 Å². The van der Waals surface area contributed by atoms with Gasteiger partial charge in [-0.1, -0.05) is 17.3 Å². The number of methoxy groups -OCH3 is 1. The molecule has 0 saturated carbocycles. The van der Waals surface area contributed by atoms with Crippen LogP contribution in [-0.4, -0.2) is 43.6 Å². The van der Waals surface area contributed by atoms with Crippen molar-refractivity contribution in [3.63, 3.8) is 0 Å². The second-order valence-corrected chi connectivity index (χ2v) is 6.02. The molecule has 1 amide bonds. The van der Waals surface area contributed by atoms with Crippen molar-refractivity contribution in [1.82, 2.24) is 5.32 Å². The Labute approximate surface area is 136 Å². The maximum absolute atomic E-state index is 11.7. The molecule has 0 aromatic carbocycles. The van der Waals surface area contributed by atoms with Gasteiger partial charge in [-0.25, -0.2) is 9.59 Å². The van der Waals surface area contributed by atoms with E-state index < -0.39 is 17.7 Å². The molecular weight excluding hydrogens is 300 g/mol. The number of carbonyl (C=O) groups is 2. The van der Waals surface area contributed by atoms with E-state index in [0.29, 0.717) is 12.8 Å². The minimum Gasteiger partial charge on any atom is -0.464 e. The lowest BCUT2D eigenvalue weighted by molar-refractivity contribution is -0.132. The number of nitrogens with zero attached hydrogens (tertiary/aromatic N) is 1. The van der Waals surface area contributed by atoms with Crippen LogP contribution in [0.2, 0.25) is 0 Å². The molecule has 128 valence electrons. The molecule has 23 heavy (non-hydrogen) atoms. The minimum atomic E-state index is -0.568. The number of rotatable bonds is 4. The summed E-state index contributed by atoms with van der Waals surface area (Å²) in [4.78, 5) is 27.9. The highest BCUT2D eigenvalue weighted by Gasteiger charge is 2.20. The van der Waals surface area contributed by atoms with E-state index in [1.54, 1.807) is 6.08 Å². The molecule has 0 bridgehead atoms. The van der Waals surface area contributed by atoms with Crippen LogP contribution in [0.25, 0.3) is 0 Å². The van der Waals surface area contributed by atoms with E-state index in [-0.39, 0.29) is 11.8 Å². The Balaban J connectivity index is 2.67. The highest BCUT2D eigenvalue weighted by atomic mass is 16.6. The summed E-state index contributed by atoms with van der Waals surface area (Å²) in [5.41, 5.74) is 0.459. The quantitative estimate of drug-likeness (QED) is 0.487. The van der Waals surface area contributed by atoms with Crippen LogP contribution in [0.3, 0.4) is 0 Å². The summed E-state index contributed by atoms with van der Waals surface area (Å²) in [6.45, 7) is 5.44. The van der Waals surface area contributed by atoms with Gasteiger partial charge < -0.3 is 19.6 Å². The molecule has 0 aliphatic heterocycles. The van der Waals surface area contributed by atoms with Crippen LogP contribution in [0.5, 0.6) is 0 Å². The molecule has 0 heterocycles. The zero-order valence-electron chi connectivity index (χ0n) is 14.2. The largest absolute Gasteiger partial charge is 0.464 e. The van der Waals surface area contributed by atoms with Gasteiger partial charge in [0.1, 0.15) is 12.7 Å². The van der Waals surface area contributed by atoms with Crippen molar-refractivity contribution < 1.29 is 23.9 Å². The number of allylic oxidation sites excluding steroid dienone is 2. The van der Waals surface area contributed by atoms with Crippen LogP contribution in [0.1, 0.15) is 33.6 Å². The van der Waals surface area contributed by atoms with Crippen molar-refractivity contribution in [3.8, 4) is 0 Å². The van der Waals surface area contributed by atoms with E-state index in [9.17, 15) is 9.59 Å². The molecule has 0 unspecified atom stereocenters. The highest BCUT2D eigenvalue weighted by Crippen LogP contribution is 2.18. The van der Waals surface area contributed by atoms with Gasteiger partial charge in [0.2, 0.25) is 0 Å². The first-order valence-corrected chi connectivity index (χ1v) is 7.33. The zero-order chi connectivity index (χ0) is 17.5. The molecule has 0 aromatic heterocycles. The molecule has 0 radical (unpaired) electrons. The van der Waals surface area contributed by atoms with Gasteiger partial charge in [-0.2, -0.15) is 0 Å². The number of esters is 1. The lowest BCUT2D eigenvalue weighted by Crippen LogP contribution is -2.38. The number of nitrogens with one attached hydrogen (secondary N) is 1. The lowest BCUT2D eigenvalue weighted by atomic mass is 9.97. The van der Waals surface area contributed by atoms with E-state index in [4.69, 9.17) is 4.74 Å². The van der Waals surface area contributed by atoms with Crippen LogP contribution in [0.4, 0.5) is 4.79 Å². The molecule has 7 heteroatoms. The normalized spacial score (nSPS) is 20.1. The predicted octanol–water partition coefficient (Wildman–Crippen LogP) is 2.33. The molecule has 7 nitrogen and oxygen atoms in total. The Hall–Kier alpha value is -2.31. The summed E-state index contributed by atoms with van der Waals surface area (Å²) >= 11 is 0. The fourth-order valence-electron chi connectivity index (χ4n) is 1.94. The first-order valence-electron chi connectivity index (χ1n) is 7.33. The van der Waals surface area contributed by atoms with E-state index in [1.807, 2.05) is 32.9 Å². The maximum Gasteiger partial charge on any atom is 0.408 e. The Morgan fingerprint density at radius 2 is 2.04 bits per heavy atom. The summed E-state index contributed by atoms with van der Waals surface area (Å²) in [7, 11) is 2.64. The van der Waals surface area contributed by atoms with Gasteiger partial charge in [0.25, 0.3) is 0 Å². The number of oxime groups is 1. The highest BCUT2D eigenvalue weighted by molar-refractivity contribution is 6.41. The Bertz CT molecular complexity index is 529. The SMILES string of the molecule is CO/N=C(/C=C1\C=C[C@@H](NC(=O)OC(C)(C)C)CC1)C(=O)OC. The third kappa shape index (κ3) is 6.99. The predicted molar refractivity (Wildman–Crippen MR) is 86.1 cm³/mol. The van der Waals surface area contributed by atoms with E-state index >= 15 is 0 Å². The number of hydrogen-bond donors (Lipinski definition) is 1. The topological polar surface area (TPSA) is 86.2 Å². The van der Waals surface area contributed by atoms with Crippen molar-refractivity contribution in [1.29, 1.82) is 0 Å². The van der Waals surface area contributed by atoms with Crippen molar-refractivity contribution >= 4 is 17.8 Å². The van der Waals surface area contributed by atoms with Crippen molar-refractivity contribution in [2.45, 2.75) is 45.3 Å². The molecule has 1 atom stereocenters. The van der Waals surface area contributed by atoms with E-state index in [1.165, 1.54) is 14.2 Å². The molecular formula is C16H24N2O5. The van der Waals surface area contributed by atoms with Crippen molar-refractivity contribution in [2.24, 2.45) is 5.16 Å². The first-order chi connectivity index (χ1) is 10.7. The maximum atomic E-state index is 11.7. The van der Waals surface area contributed by atoms with Crippen LogP contribution in [0, 0.1) is 0 Å². The van der Waals surface area contributed by atoms with Crippen LogP contribution in [-0.2, 0) is 19.1 Å². The Kier molecular flexibility index (Phi) is 6.81. The van der Waals surface area contributed by atoms with Gasteiger partial charge in [-0.15, -0.1) is 0 Å². The van der Waals surface area contributed by atoms with Crippen molar-refractivity contribution in [3.05, 3.63) is 23.8 Å². The third-order valence-electron chi connectivity index (χ3n) is 2.90. The summed E-state index contributed by atoms with van der Waals surface area (Å²) in [5, 5.41) is 6.43. The Morgan fingerprint density at radius 1 is 1.35 bits per heavy atom. The first kappa shape index (κ1) is 18.7. The van der Waals surface area contributed by atoms with E-state index in [2.05, 4.69) is 20.0 Å². The van der Waals surface area contributed by atoms with Crippen LogP contribution in [0.15, 0.2) is 29.0 Å². The molecule has 1 N–H and O–H groups in total. The fraction of sp³-hybridized carbons (Fsp3) is 0.562. The molecule has 0 saturated heterocycles. The number of amides is 1. The molecule has 1 aliphatic rings. The number of carbonyl (C=O) groups excluding carboxylic acids is 2. The van der Waals surface area contributed by atoms with Gasteiger partial charge in [0.15, 0.2) is 5.71 Å². The third-order valence-corrected chi connectivity index (χ3v) is 2.90. The van der Waals surface area contributed by atoms with Crippen LogP contribution < -0.4 is 5.32 Å². The van der Waals surface area contributed by atoms with Crippen LogP contribution >= 0.6 is 0 Å². The van der Waals surface area contributed by atoms with Crippen molar-refractivity contribution in [2.75, 3.05) is 14.2 Å². The molecule has 0 fully saturated rings. The number of hydrogen-bond acceptors (Lipinski definition) is 6. The average molecular weight is 324 g/mol. The van der Waals surface area contributed by atoms with Gasteiger partial charge in [0, 0.05) is 0 Å².